The number of halogens is 1. The molecule has 2 heterocycles. The van der Waals surface area contributed by atoms with E-state index in [4.69, 9.17) is 19.2 Å². The first-order valence-corrected chi connectivity index (χ1v) is 11.8. The minimum atomic E-state index is -0.779. The number of nitrogens with zero attached hydrogens (tertiary/aromatic N) is 2. The predicted molar refractivity (Wildman–Crippen MR) is 133 cm³/mol. The summed E-state index contributed by atoms with van der Waals surface area (Å²) in [5, 5.41) is 0.833. The van der Waals surface area contributed by atoms with Gasteiger partial charge in [-0.05, 0) is 39.0 Å². The Hall–Kier alpha value is -3.13. The summed E-state index contributed by atoms with van der Waals surface area (Å²) in [7, 11) is 1.31. The number of fused-ring (bicyclic) bond motifs is 1. The molecular weight excluding hydrogens is 500 g/mol. The molecule has 4 rings (SSSR count). The van der Waals surface area contributed by atoms with E-state index in [0.29, 0.717) is 12.2 Å². The lowest BCUT2D eigenvalue weighted by Gasteiger charge is -2.27. The van der Waals surface area contributed by atoms with Crippen LogP contribution in [0.2, 0.25) is 0 Å². The van der Waals surface area contributed by atoms with Crippen molar-refractivity contribution in [2.24, 2.45) is 0 Å². The second-order valence-corrected chi connectivity index (χ2v) is 10.1. The Morgan fingerprint density at radius 3 is 2.50 bits per heavy atom. The Labute approximate surface area is 207 Å². The third kappa shape index (κ3) is 5.33. The molecule has 0 bridgehead atoms. The smallest absolute Gasteiger partial charge is 0.411 e. The lowest BCUT2D eigenvalue weighted by atomic mass is 10.1. The zero-order valence-corrected chi connectivity index (χ0v) is 21.2. The molecule has 0 saturated carbocycles. The second kappa shape index (κ2) is 9.62. The van der Waals surface area contributed by atoms with Crippen LogP contribution in [0.3, 0.4) is 0 Å². The lowest BCUT2D eigenvalue weighted by Crippen LogP contribution is -2.44. The molecule has 34 heavy (non-hydrogen) atoms. The number of rotatable bonds is 4. The largest absolute Gasteiger partial charge is 0.488 e. The van der Waals surface area contributed by atoms with Gasteiger partial charge < -0.3 is 14.2 Å². The van der Waals surface area contributed by atoms with E-state index >= 15 is 0 Å². The van der Waals surface area contributed by atoms with Gasteiger partial charge in [-0.15, -0.1) is 0 Å². The van der Waals surface area contributed by atoms with Gasteiger partial charge in [0.25, 0.3) is 0 Å². The number of benzene rings is 2. The van der Waals surface area contributed by atoms with Crippen molar-refractivity contribution in [3.05, 3.63) is 59.1 Å². The van der Waals surface area contributed by atoms with Gasteiger partial charge in [-0.25, -0.2) is 14.6 Å². The minimum Gasteiger partial charge on any atom is -0.488 e. The van der Waals surface area contributed by atoms with Crippen molar-refractivity contribution < 1.29 is 23.8 Å². The summed E-state index contributed by atoms with van der Waals surface area (Å²) in [6.07, 6.45) is -0.698. The van der Waals surface area contributed by atoms with E-state index in [-0.39, 0.29) is 6.54 Å². The number of methoxy groups -OCH3 is 1. The number of hydrogen-bond donors (Lipinski definition) is 0. The average molecular weight is 527 g/mol. The van der Waals surface area contributed by atoms with Crippen LogP contribution in [0.5, 0.6) is 5.75 Å². The van der Waals surface area contributed by atoms with Crippen LogP contribution in [0, 0.1) is 0 Å². The van der Waals surface area contributed by atoms with Gasteiger partial charge in [-0.3, -0.25) is 4.90 Å². The quantitative estimate of drug-likeness (QED) is 0.412. The number of aromatic nitrogens is 1. The van der Waals surface area contributed by atoms with Crippen molar-refractivity contribution in [1.29, 1.82) is 0 Å². The zero-order valence-electron chi connectivity index (χ0n) is 19.6. The fourth-order valence-corrected chi connectivity index (χ4v) is 4.33. The van der Waals surface area contributed by atoms with E-state index in [1.165, 1.54) is 12.0 Å². The number of likely N-dealkylation sites (tertiary alicyclic amines) is 1. The van der Waals surface area contributed by atoms with Gasteiger partial charge in [0.05, 0.1) is 24.9 Å². The molecule has 2 atom stereocenters. The summed E-state index contributed by atoms with van der Waals surface area (Å²) < 4.78 is 17.8. The van der Waals surface area contributed by atoms with E-state index in [1.54, 1.807) is 20.8 Å². The molecule has 1 aliphatic rings. The maximum Gasteiger partial charge on any atom is 0.411 e. The number of amides is 1. The molecular formula is C26H27BrN2O5. The molecule has 1 saturated heterocycles. The third-order valence-corrected chi connectivity index (χ3v) is 5.95. The molecule has 178 valence electrons. The SMILES string of the molecule is COC(=O)[C@@H]1C[C@@H](Oc2cc(-c3ccccc3)nc3ccc(Br)cc23)CN1C(=O)OC(C)(C)C. The summed E-state index contributed by atoms with van der Waals surface area (Å²) in [5.41, 5.74) is 1.84. The van der Waals surface area contributed by atoms with Gasteiger partial charge in [-0.2, -0.15) is 0 Å². The van der Waals surface area contributed by atoms with E-state index < -0.39 is 29.8 Å². The average Bonchev–Trinajstić information content (AvgIpc) is 3.22. The number of ether oxygens (including phenoxy) is 3. The van der Waals surface area contributed by atoms with E-state index in [0.717, 1.165) is 26.6 Å². The van der Waals surface area contributed by atoms with Crippen molar-refractivity contribution in [2.75, 3.05) is 13.7 Å². The monoisotopic (exact) mass is 526 g/mol. The summed E-state index contributed by atoms with van der Waals surface area (Å²) in [4.78, 5) is 31.4. The second-order valence-electron chi connectivity index (χ2n) is 9.18. The van der Waals surface area contributed by atoms with Gasteiger partial charge in [0.15, 0.2) is 0 Å². The Morgan fingerprint density at radius 1 is 1.09 bits per heavy atom. The maximum atomic E-state index is 12.8. The molecule has 0 aliphatic carbocycles. The molecule has 0 unspecified atom stereocenters. The number of carbonyl (C=O) groups excluding carboxylic acids is 2. The first-order chi connectivity index (χ1) is 16.1. The summed E-state index contributed by atoms with van der Waals surface area (Å²) >= 11 is 3.52. The predicted octanol–water partition coefficient (Wildman–Crippen LogP) is 5.59. The van der Waals surface area contributed by atoms with Crippen LogP contribution in [-0.4, -0.2) is 53.3 Å². The first-order valence-electron chi connectivity index (χ1n) is 11.0. The van der Waals surface area contributed by atoms with Crippen LogP contribution in [0.4, 0.5) is 4.79 Å². The summed E-state index contributed by atoms with van der Waals surface area (Å²) in [5.74, 6) is 0.133. The van der Waals surface area contributed by atoms with Gasteiger partial charge in [0, 0.05) is 27.9 Å². The number of esters is 1. The lowest BCUT2D eigenvalue weighted by molar-refractivity contribution is -0.145. The molecule has 1 fully saturated rings. The highest BCUT2D eigenvalue weighted by Gasteiger charge is 2.43. The molecule has 0 N–H and O–H groups in total. The van der Waals surface area contributed by atoms with Crippen LogP contribution in [0.1, 0.15) is 27.2 Å². The Kier molecular flexibility index (Phi) is 6.79. The van der Waals surface area contributed by atoms with Crippen molar-refractivity contribution in [3.63, 3.8) is 0 Å². The summed E-state index contributed by atoms with van der Waals surface area (Å²) in [6.45, 7) is 5.56. The maximum absolute atomic E-state index is 12.8. The molecule has 7 nitrogen and oxygen atoms in total. The normalized spacial score (nSPS) is 18.1. The van der Waals surface area contributed by atoms with Crippen LogP contribution >= 0.6 is 15.9 Å². The molecule has 3 aromatic rings. The highest BCUT2D eigenvalue weighted by atomic mass is 79.9. The number of pyridine rings is 1. The van der Waals surface area contributed by atoms with Crippen LogP contribution in [0.25, 0.3) is 22.2 Å². The Balaban J connectivity index is 1.67. The van der Waals surface area contributed by atoms with Gasteiger partial charge in [0.1, 0.15) is 23.5 Å². The van der Waals surface area contributed by atoms with Crippen molar-refractivity contribution in [1.82, 2.24) is 9.88 Å². The highest BCUT2D eigenvalue weighted by molar-refractivity contribution is 9.10. The molecule has 0 radical (unpaired) electrons. The zero-order chi connectivity index (χ0) is 24.5. The molecule has 2 aromatic carbocycles. The Morgan fingerprint density at radius 2 is 1.82 bits per heavy atom. The van der Waals surface area contributed by atoms with Crippen molar-refractivity contribution in [3.8, 4) is 17.0 Å². The minimum absolute atomic E-state index is 0.202. The van der Waals surface area contributed by atoms with Crippen LogP contribution in [-0.2, 0) is 14.3 Å². The van der Waals surface area contributed by atoms with E-state index in [2.05, 4.69) is 15.9 Å². The van der Waals surface area contributed by atoms with Gasteiger partial charge >= 0.3 is 12.1 Å². The van der Waals surface area contributed by atoms with E-state index in [1.807, 2.05) is 54.6 Å². The number of carbonyl (C=O) groups is 2. The van der Waals surface area contributed by atoms with Gasteiger partial charge in [-0.1, -0.05) is 46.3 Å². The molecule has 1 amide bonds. The van der Waals surface area contributed by atoms with Crippen LogP contribution < -0.4 is 4.74 Å². The fraction of sp³-hybridized carbons (Fsp3) is 0.346. The van der Waals surface area contributed by atoms with Gasteiger partial charge in [0.2, 0.25) is 0 Å². The fourth-order valence-electron chi connectivity index (χ4n) is 3.97. The van der Waals surface area contributed by atoms with Crippen molar-refractivity contribution in [2.45, 2.75) is 44.9 Å². The molecule has 0 spiro atoms. The molecule has 1 aromatic heterocycles. The summed E-state index contributed by atoms with van der Waals surface area (Å²) in [6, 6.07) is 16.8. The standard InChI is InChI=1S/C26H27BrN2O5/c1-26(2,3)34-25(31)29-15-18(13-22(29)24(30)32-4)33-23-14-21(16-8-6-5-7-9-16)28-20-11-10-17(27)12-19(20)23/h5-12,14,18,22H,13,15H2,1-4H3/t18-,22+/m1/s1. The van der Waals surface area contributed by atoms with Crippen LogP contribution in [0.15, 0.2) is 59.1 Å². The Bertz CT molecular complexity index is 1210. The topological polar surface area (TPSA) is 78.0 Å². The van der Waals surface area contributed by atoms with Crippen molar-refractivity contribution >= 4 is 38.9 Å². The third-order valence-electron chi connectivity index (χ3n) is 5.46. The first kappa shape index (κ1) is 24.0. The molecule has 8 heteroatoms. The van der Waals surface area contributed by atoms with E-state index in [9.17, 15) is 9.59 Å². The number of hydrogen-bond acceptors (Lipinski definition) is 6. The molecule has 1 aliphatic heterocycles. The highest BCUT2D eigenvalue weighted by Crippen LogP contribution is 2.34.